The summed E-state index contributed by atoms with van der Waals surface area (Å²) >= 11 is 17.6. The summed E-state index contributed by atoms with van der Waals surface area (Å²) in [5, 5.41) is 16.8. The molecule has 2 heterocycles. The maximum Gasteiger partial charge on any atom is 0.172 e. The number of anilines is 1. The van der Waals surface area contributed by atoms with Crippen LogP contribution in [0.4, 0.5) is 5.82 Å². The first-order valence-corrected chi connectivity index (χ1v) is 9.65. The molecule has 0 amide bonds. The Morgan fingerprint density at radius 1 is 1.26 bits per heavy atom. The molecule has 0 unspecified atom stereocenters. The number of rotatable bonds is 6. The van der Waals surface area contributed by atoms with Crippen molar-refractivity contribution in [2.75, 3.05) is 5.32 Å². The molecule has 3 aromatic rings. The first kappa shape index (κ1) is 19.7. The molecule has 0 atom stereocenters. The minimum Gasteiger partial charge on any atom is -0.358 e. The maximum atomic E-state index is 6.26. The Hall–Kier alpha value is -2.09. The minimum absolute atomic E-state index is 0.508. The standard InChI is InChI=1S/C18H20Cl2N6S/c1-3-25-10-13(9-22-25)8-21-18(27)23-17-6-12(2)26(24-17)11-14-4-5-15(19)7-16(14)20/h4-7,9-10H,3,8,11H2,1-2H3,(H2,21,23,24,27). The highest BCUT2D eigenvalue weighted by Gasteiger charge is 2.09. The Labute approximate surface area is 173 Å². The average Bonchev–Trinajstić information content (AvgIpc) is 3.22. The fourth-order valence-electron chi connectivity index (χ4n) is 2.56. The lowest BCUT2D eigenvalue weighted by Gasteiger charge is -2.08. The fourth-order valence-corrected chi connectivity index (χ4v) is 3.20. The molecule has 9 heteroatoms. The van der Waals surface area contributed by atoms with Crippen LogP contribution >= 0.6 is 35.4 Å². The van der Waals surface area contributed by atoms with Gasteiger partial charge in [0.1, 0.15) is 0 Å². The van der Waals surface area contributed by atoms with Gasteiger partial charge in [0, 0.05) is 46.7 Å². The van der Waals surface area contributed by atoms with Crippen LogP contribution in [-0.4, -0.2) is 24.7 Å². The second-order valence-corrected chi connectivity index (χ2v) is 7.33. The lowest BCUT2D eigenvalue weighted by molar-refractivity contribution is 0.659. The van der Waals surface area contributed by atoms with Crippen molar-refractivity contribution in [3.8, 4) is 0 Å². The Morgan fingerprint density at radius 2 is 2.07 bits per heavy atom. The van der Waals surface area contributed by atoms with E-state index in [1.165, 1.54) is 0 Å². The summed E-state index contributed by atoms with van der Waals surface area (Å²) in [5.41, 5.74) is 3.02. The van der Waals surface area contributed by atoms with Gasteiger partial charge in [0.25, 0.3) is 0 Å². The molecule has 0 saturated carbocycles. The molecule has 0 radical (unpaired) electrons. The molecular weight excluding hydrogens is 403 g/mol. The number of thiocarbonyl (C=S) groups is 1. The smallest absolute Gasteiger partial charge is 0.172 e. The molecule has 0 saturated heterocycles. The minimum atomic E-state index is 0.508. The van der Waals surface area contributed by atoms with Gasteiger partial charge in [-0.3, -0.25) is 9.36 Å². The largest absolute Gasteiger partial charge is 0.358 e. The van der Waals surface area contributed by atoms with Gasteiger partial charge in [0.05, 0.1) is 12.7 Å². The third kappa shape index (κ3) is 5.22. The zero-order valence-electron chi connectivity index (χ0n) is 15.0. The first-order chi connectivity index (χ1) is 12.9. The molecule has 2 N–H and O–H groups in total. The normalized spacial score (nSPS) is 10.8. The van der Waals surface area contributed by atoms with Gasteiger partial charge in [-0.25, -0.2) is 0 Å². The van der Waals surface area contributed by atoms with Crippen LogP contribution in [0.3, 0.4) is 0 Å². The number of halogens is 2. The van der Waals surface area contributed by atoms with Crippen LogP contribution in [0.5, 0.6) is 0 Å². The molecule has 6 nitrogen and oxygen atoms in total. The van der Waals surface area contributed by atoms with Crippen LogP contribution in [0, 0.1) is 6.92 Å². The van der Waals surface area contributed by atoms with E-state index in [0.29, 0.717) is 34.1 Å². The number of nitrogens with zero attached hydrogens (tertiary/aromatic N) is 4. The fraction of sp³-hybridized carbons (Fsp3) is 0.278. The van der Waals surface area contributed by atoms with E-state index in [-0.39, 0.29) is 0 Å². The summed E-state index contributed by atoms with van der Waals surface area (Å²) in [6.07, 6.45) is 3.82. The van der Waals surface area contributed by atoms with Crippen molar-refractivity contribution in [3.63, 3.8) is 0 Å². The van der Waals surface area contributed by atoms with Crippen molar-refractivity contribution in [3.05, 3.63) is 63.5 Å². The van der Waals surface area contributed by atoms with Gasteiger partial charge < -0.3 is 10.6 Å². The van der Waals surface area contributed by atoms with Crippen molar-refractivity contribution in [2.45, 2.75) is 33.5 Å². The summed E-state index contributed by atoms with van der Waals surface area (Å²) in [6, 6.07) is 7.39. The van der Waals surface area contributed by atoms with Gasteiger partial charge in [-0.1, -0.05) is 29.3 Å². The third-order valence-corrected chi connectivity index (χ3v) is 4.86. The van der Waals surface area contributed by atoms with Crippen LogP contribution in [0.25, 0.3) is 0 Å². The molecule has 0 bridgehead atoms. The number of aromatic nitrogens is 4. The van der Waals surface area contributed by atoms with Gasteiger partial charge in [0.2, 0.25) is 0 Å². The van der Waals surface area contributed by atoms with E-state index in [4.69, 9.17) is 35.4 Å². The monoisotopic (exact) mass is 422 g/mol. The van der Waals surface area contributed by atoms with E-state index >= 15 is 0 Å². The topological polar surface area (TPSA) is 59.7 Å². The quantitative estimate of drug-likeness (QED) is 0.581. The van der Waals surface area contributed by atoms with Gasteiger partial charge in [-0.15, -0.1) is 0 Å². The first-order valence-electron chi connectivity index (χ1n) is 8.49. The van der Waals surface area contributed by atoms with Crippen LogP contribution in [0.1, 0.15) is 23.7 Å². The van der Waals surface area contributed by atoms with Crippen LogP contribution < -0.4 is 10.6 Å². The summed E-state index contributed by atoms with van der Waals surface area (Å²) in [6.45, 7) is 6.03. The lowest BCUT2D eigenvalue weighted by Crippen LogP contribution is -2.28. The van der Waals surface area contributed by atoms with E-state index in [2.05, 4.69) is 20.8 Å². The zero-order chi connectivity index (χ0) is 19.4. The predicted molar refractivity (Wildman–Crippen MR) is 113 cm³/mol. The van der Waals surface area contributed by atoms with E-state index in [0.717, 1.165) is 23.4 Å². The SMILES string of the molecule is CCn1cc(CNC(=S)Nc2cc(C)n(Cc3ccc(Cl)cc3Cl)n2)cn1. The summed E-state index contributed by atoms with van der Waals surface area (Å²) in [4.78, 5) is 0. The van der Waals surface area contributed by atoms with E-state index in [1.54, 1.807) is 6.07 Å². The van der Waals surface area contributed by atoms with Crippen molar-refractivity contribution >= 4 is 46.4 Å². The highest BCUT2D eigenvalue weighted by atomic mass is 35.5. The summed E-state index contributed by atoms with van der Waals surface area (Å²) < 4.78 is 3.74. The summed E-state index contributed by atoms with van der Waals surface area (Å²) in [5.74, 6) is 0.680. The van der Waals surface area contributed by atoms with E-state index < -0.39 is 0 Å². The number of nitrogens with one attached hydrogen (secondary N) is 2. The van der Waals surface area contributed by atoms with Crippen molar-refractivity contribution < 1.29 is 0 Å². The third-order valence-electron chi connectivity index (χ3n) is 4.02. The molecule has 0 spiro atoms. The van der Waals surface area contributed by atoms with Crippen LogP contribution in [-0.2, 0) is 19.6 Å². The van der Waals surface area contributed by atoms with Crippen molar-refractivity contribution in [1.29, 1.82) is 0 Å². The Morgan fingerprint density at radius 3 is 2.78 bits per heavy atom. The number of hydrogen-bond acceptors (Lipinski definition) is 3. The molecule has 0 fully saturated rings. The van der Waals surface area contributed by atoms with Gasteiger partial charge in [0.15, 0.2) is 10.9 Å². The molecule has 0 aliphatic carbocycles. The second-order valence-electron chi connectivity index (χ2n) is 6.08. The molecule has 142 valence electrons. The van der Waals surface area contributed by atoms with Gasteiger partial charge >= 0.3 is 0 Å². The van der Waals surface area contributed by atoms with E-state index in [1.807, 2.05) is 53.8 Å². The lowest BCUT2D eigenvalue weighted by atomic mass is 10.2. The Kier molecular flexibility index (Phi) is 6.36. The number of benzene rings is 1. The Bertz CT molecular complexity index is 949. The highest BCUT2D eigenvalue weighted by Crippen LogP contribution is 2.22. The van der Waals surface area contributed by atoms with Crippen LogP contribution in [0.15, 0.2) is 36.7 Å². The average molecular weight is 423 g/mol. The molecule has 3 rings (SSSR count). The number of aryl methyl sites for hydroxylation is 2. The Balaban J connectivity index is 1.59. The molecule has 0 aliphatic heterocycles. The predicted octanol–water partition coefficient (Wildman–Crippen LogP) is 4.25. The van der Waals surface area contributed by atoms with Crippen molar-refractivity contribution in [2.24, 2.45) is 0 Å². The van der Waals surface area contributed by atoms with Crippen molar-refractivity contribution in [1.82, 2.24) is 24.9 Å². The summed E-state index contributed by atoms with van der Waals surface area (Å²) in [7, 11) is 0. The number of hydrogen-bond donors (Lipinski definition) is 2. The second kappa shape index (κ2) is 8.73. The maximum absolute atomic E-state index is 6.26. The van der Waals surface area contributed by atoms with Crippen LogP contribution in [0.2, 0.25) is 10.0 Å². The molecule has 1 aromatic carbocycles. The molecule has 27 heavy (non-hydrogen) atoms. The zero-order valence-corrected chi connectivity index (χ0v) is 17.4. The molecule has 2 aromatic heterocycles. The highest BCUT2D eigenvalue weighted by molar-refractivity contribution is 7.80. The molecular formula is C18H20Cl2N6S. The molecule has 0 aliphatic rings. The van der Waals surface area contributed by atoms with Gasteiger partial charge in [-0.05, 0) is 43.8 Å². The van der Waals surface area contributed by atoms with E-state index in [9.17, 15) is 0 Å². The van der Waals surface area contributed by atoms with Gasteiger partial charge in [-0.2, -0.15) is 10.2 Å².